The number of thioether (sulfide) groups is 1. The molecule has 9 heteroatoms. The van der Waals surface area contributed by atoms with Gasteiger partial charge in [-0.05, 0) is 56.0 Å². The Labute approximate surface area is 195 Å². The smallest absolute Gasteiger partial charge is 0.234 e. The molecule has 1 heterocycles. The number of hydrogen-bond acceptors (Lipinski definition) is 5. The van der Waals surface area contributed by atoms with Crippen LogP contribution in [-0.2, 0) is 11.4 Å². The number of halogens is 2. The standard InChI is InChI=1S/C22H22Cl2N4O2S/c1-13-9-14(2)21(17(24)10-13)25-20(29)12-31-22-27-26-19(28(22)15-7-8-15)11-30-18-6-4-3-5-16(18)23/h3-6,9-10,15H,7-8,11-12H2,1-2H3,(H,25,29). The maximum atomic E-state index is 12.5. The average Bonchev–Trinajstić information content (AvgIpc) is 3.48. The van der Waals surface area contributed by atoms with Gasteiger partial charge in [-0.25, -0.2) is 0 Å². The second kappa shape index (κ2) is 9.51. The number of aryl methyl sites for hydroxylation is 2. The summed E-state index contributed by atoms with van der Waals surface area (Å²) in [5.74, 6) is 1.40. The summed E-state index contributed by atoms with van der Waals surface area (Å²) in [6, 6.07) is 11.5. The lowest BCUT2D eigenvalue weighted by Crippen LogP contribution is -2.16. The van der Waals surface area contributed by atoms with Crippen LogP contribution in [0.15, 0.2) is 41.6 Å². The van der Waals surface area contributed by atoms with E-state index >= 15 is 0 Å². The predicted molar refractivity (Wildman–Crippen MR) is 124 cm³/mol. The summed E-state index contributed by atoms with van der Waals surface area (Å²) >= 11 is 13.8. The lowest BCUT2D eigenvalue weighted by atomic mass is 10.1. The van der Waals surface area contributed by atoms with Crippen LogP contribution in [0.1, 0.15) is 35.8 Å². The van der Waals surface area contributed by atoms with Crippen molar-refractivity contribution in [1.82, 2.24) is 14.8 Å². The van der Waals surface area contributed by atoms with Crippen LogP contribution in [-0.4, -0.2) is 26.4 Å². The highest BCUT2D eigenvalue weighted by molar-refractivity contribution is 7.99. The van der Waals surface area contributed by atoms with Crippen LogP contribution < -0.4 is 10.1 Å². The summed E-state index contributed by atoms with van der Waals surface area (Å²) in [6.07, 6.45) is 2.13. The van der Waals surface area contributed by atoms with Crippen molar-refractivity contribution in [2.75, 3.05) is 11.1 Å². The van der Waals surface area contributed by atoms with Crippen LogP contribution in [0.4, 0.5) is 5.69 Å². The molecule has 162 valence electrons. The van der Waals surface area contributed by atoms with Gasteiger partial charge in [0.2, 0.25) is 5.91 Å². The van der Waals surface area contributed by atoms with E-state index in [1.807, 2.05) is 44.2 Å². The molecular weight excluding hydrogens is 455 g/mol. The molecule has 1 aromatic heterocycles. The number of amides is 1. The minimum atomic E-state index is -0.141. The van der Waals surface area contributed by atoms with Gasteiger partial charge < -0.3 is 10.1 Å². The molecule has 1 amide bonds. The van der Waals surface area contributed by atoms with Gasteiger partial charge in [0.15, 0.2) is 11.0 Å². The van der Waals surface area contributed by atoms with Crippen LogP contribution in [0.5, 0.6) is 5.75 Å². The van der Waals surface area contributed by atoms with Crippen molar-refractivity contribution in [2.24, 2.45) is 0 Å². The number of benzene rings is 2. The zero-order valence-electron chi connectivity index (χ0n) is 17.2. The van der Waals surface area contributed by atoms with Gasteiger partial charge in [-0.2, -0.15) is 0 Å². The molecule has 3 aromatic rings. The highest BCUT2D eigenvalue weighted by Gasteiger charge is 2.30. The number of ether oxygens (including phenoxy) is 1. The summed E-state index contributed by atoms with van der Waals surface area (Å²) in [6.45, 7) is 4.16. The maximum Gasteiger partial charge on any atom is 0.234 e. The zero-order chi connectivity index (χ0) is 22.0. The second-order valence-corrected chi connectivity index (χ2v) is 9.25. The fourth-order valence-electron chi connectivity index (χ4n) is 3.29. The van der Waals surface area contributed by atoms with Gasteiger partial charge in [-0.3, -0.25) is 9.36 Å². The van der Waals surface area contributed by atoms with Crippen molar-refractivity contribution < 1.29 is 9.53 Å². The first-order valence-corrected chi connectivity index (χ1v) is 11.7. The van der Waals surface area contributed by atoms with Crippen LogP contribution >= 0.6 is 35.0 Å². The zero-order valence-corrected chi connectivity index (χ0v) is 19.5. The Bertz CT molecular complexity index is 1090. The third kappa shape index (κ3) is 5.34. The lowest BCUT2D eigenvalue weighted by molar-refractivity contribution is -0.113. The number of aromatic nitrogens is 3. The van der Waals surface area contributed by atoms with Crippen LogP contribution in [0.25, 0.3) is 0 Å². The van der Waals surface area contributed by atoms with E-state index in [1.54, 1.807) is 6.07 Å². The van der Waals surface area contributed by atoms with E-state index in [1.165, 1.54) is 11.8 Å². The molecule has 0 aliphatic heterocycles. The molecule has 0 unspecified atom stereocenters. The van der Waals surface area contributed by atoms with E-state index in [-0.39, 0.29) is 18.3 Å². The van der Waals surface area contributed by atoms with Crippen LogP contribution in [0, 0.1) is 13.8 Å². The monoisotopic (exact) mass is 476 g/mol. The molecule has 6 nitrogen and oxygen atoms in total. The number of rotatable bonds is 8. The van der Waals surface area contributed by atoms with Crippen molar-refractivity contribution in [3.8, 4) is 5.75 Å². The van der Waals surface area contributed by atoms with Crippen molar-refractivity contribution in [1.29, 1.82) is 0 Å². The van der Waals surface area contributed by atoms with E-state index in [4.69, 9.17) is 27.9 Å². The molecule has 1 fully saturated rings. The van der Waals surface area contributed by atoms with E-state index in [0.717, 1.165) is 29.8 Å². The van der Waals surface area contributed by atoms with Gasteiger partial charge in [-0.15, -0.1) is 10.2 Å². The van der Waals surface area contributed by atoms with Crippen molar-refractivity contribution >= 4 is 46.6 Å². The van der Waals surface area contributed by atoms with Gasteiger partial charge >= 0.3 is 0 Å². The Morgan fingerprint density at radius 2 is 1.97 bits per heavy atom. The molecule has 0 bridgehead atoms. The molecule has 0 saturated heterocycles. The molecule has 4 rings (SSSR count). The summed E-state index contributed by atoms with van der Waals surface area (Å²) in [4.78, 5) is 12.5. The summed E-state index contributed by atoms with van der Waals surface area (Å²) in [7, 11) is 0. The highest BCUT2D eigenvalue weighted by atomic mass is 35.5. The summed E-state index contributed by atoms with van der Waals surface area (Å²) in [5, 5.41) is 13.3. The fraction of sp³-hybridized carbons (Fsp3) is 0.318. The SMILES string of the molecule is Cc1cc(C)c(NC(=O)CSc2nnc(COc3ccccc3Cl)n2C2CC2)c(Cl)c1. The number of nitrogens with zero attached hydrogens (tertiary/aromatic N) is 3. The quantitative estimate of drug-likeness (QED) is 0.413. The predicted octanol–water partition coefficient (Wildman–Crippen LogP) is 5.85. The van der Waals surface area contributed by atoms with Gasteiger partial charge in [0, 0.05) is 6.04 Å². The Kier molecular flexibility index (Phi) is 6.74. The second-order valence-electron chi connectivity index (χ2n) is 7.49. The Morgan fingerprint density at radius 3 is 2.68 bits per heavy atom. The molecule has 0 radical (unpaired) electrons. The van der Waals surface area contributed by atoms with Crippen molar-refractivity contribution in [3.05, 3.63) is 63.4 Å². The largest absolute Gasteiger partial charge is 0.484 e. The summed E-state index contributed by atoms with van der Waals surface area (Å²) < 4.78 is 7.91. The maximum absolute atomic E-state index is 12.5. The number of nitrogens with one attached hydrogen (secondary N) is 1. The molecule has 0 spiro atoms. The fourth-order valence-corrected chi connectivity index (χ4v) is 4.67. The van der Waals surface area contributed by atoms with E-state index < -0.39 is 0 Å². The lowest BCUT2D eigenvalue weighted by Gasteiger charge is -2.12. The van der Waals surface area contributed by atoms with Crippen LogP contribution in [0.3, 0.4) is 0 Å². The van der Waals surface area contributed by atoms with Gasteiger partial charge in [-0.1, -0.05) is 53.2 Å². The van der Waals surface area contributed by atoms with Gasteiger partial charge in [0.1, 0.15) is 12.4 Å². The normalized spacial score (nSPS) is 13.3. The number of anilines is 1. The highest BCUT2D eigenvalue weighted by Crippen LogP contribution is 2.39. The Balaban J connectivity index is 1.41. The Morgan fingerprint density at radius 1 is 1.19 bits per heavy atom. The van der Waals surface area contributed by atoms with E-state index in [0.29, 0.717) is 32.7 Å². The van der Waals surface area contributed by atoms with E-state index in [9.17, 15) is 4.79 Å². The molecule has 2 aromatic carbocycles. The van der Waals surface area contributed by atoms with E-state index in [2.05, 4.69) is 20.1 Å². The van der Waals surface area contributed by atoms with Crippen molar-refractivity contribution in [3.63, 3.8) is 0 Å². The minimum absolute atomic E-state index is 0.141. The van der Waals surface area contributed by atoms with Crippen molar-refractivity contribution in [2.45, 2.75) is 44.5 Å². The molecule has 1 saturated carbocycles. The topological polar surface area (TPSA) is 69.0 Å². The Hall–Kier alpha value is -2.22. The average molecular weight is 477 g/mol. The first-order chi connectivity index (χ1) is 14.9. The number of carbonyl (C=O) groups excluding carboxylic acids is 1. The third-order valence-electron chi connectivity index (χ3n) is 4.87. The number of carbonyl (C=O) groups is 1. The molecule has 0 atom stereocenters. The minimum Gasteiger partial charge on any atom is -0.484 e. The molecular formula is C22H22Cl2N4O2S. The third-order valence-corrected chi connectivity index (χ3v) is 6.42. The van der Waals surface area contributed by atoms with Crippen LogP contribution in [0.2, 0.25) is 10.0 Å². The first-order valence-electron chi connectivity index (χ1n) is 9.93. The first kappa shape index (κ1) is 22.0. The number of para-hydroxylation sites is 1. The van der Waals surface area contributed by atoms with Gasteiger partial charge in [0.05, 0.1) is 21.5 Å². The molecule has 1 N–H and O–H groups in total. The summed E-state index contributed by atoms with van der Waals surface area (Å²) in [5.41, 5.74) is 2.64. The molecule has 1 aliphatic rings. The van der Waals surface area contributed by atoms with Gasteiger partial charge in [0.25, 0.3) is 0 Å². The molecule has 31 heavy (non-hydrogen) atoms. The number of hydrogen-bond donors (Lipinski definition) is 1. The molecule has 1 aliphatic carbocycles.